The van der Waals surface area contributed by atoms with Crippen molar-refractivity contribution in [2.75, 3.05) is 4.90 Å². The fourth-order valence-electron chi connectivity index (χ4n) is 4.01. The highest BCUT2D eigenvalue weighted by Gasteiger charge is 2.45. The molecule has 0 bridgehead atoms. The van der Waals surface area contributed by atoms with Crippen LogP contribution in [0.2, 0.25) is 5.02 Å². The number of anilines is 1. The van der Waals surface area contributed by atoms with Gasteiger partial charge in [-0.1, -0.05) is 54.1 Å². The zero-order chi connectivity index (χ0) is 21.5. The number of carbonyl (C=O) groups is 1. The van der Waals surface area contributed by atoms with Gasteiger partial charge in [-0.15, -0.1) is 0 Å². The Morgan fingerprint density at radius 3 is 2.35 bits per heavy atom. The van der Waals surface area contributed by atoms with Crippen LogP contribution in [0.1, 0.15) is 27.7 Å². The molecular weight excluding hydrogens is 416 g/mol. The average molecular weight is 431 g/mol. The third-order valence-electron chi connectivity index (χ3n) is 5.35. The van der Waals surface area contributed by atoms with Crippen LogP contribution in [0, 0.1) is 10.1 Å². The van der Waals surface area contributed by atoms with E-state index in [9.17, 15) is 14.9 Å². The fourth-order valence-corrected chi connectivity index (χ4v) is 4.14. The van der Waals surface area contributed by atoms with Gasteiger partial charge in [-0.3, -0.25) is 24.9 Å². The summed E-state index contributed by atoms with van der Waals surface area (Å²) in [7, 11) is 0. The number of nitro groups is 1. The Labute approximate surface area is 182 Å². The lowest BCUT2D eigenvalue weighted by Crippen LogP contribution is -2.29. The predicted octanol–water partition coefficient (Wildman–Crippen LogP) is 5.39. The summed E-state index contributed by atoms with van der Waals surface area (Å²) in [5, 5.41) is 19.6. The van der Waals surface area contributed by atoms with Crippen LogP contribution in [-0.2, 0) is 0 Å². The molecule has 8 heteroatoms. The Kier molecular flexibility index (Phi) is 4.52. The zero-order valence-corrected chi connectivity index (χ0v) is 16.8. The molecule has 1 atom stereocenters. The van der Waals surface area contributed by atoms with Crippen LogP contribution >= 0.6 is 11.6 Å². The van der Waals surface area contributed by atoms with Crippen LogP contribution in [0.5, 0.6) is 0 Å². The van der Waals surface area contributed by atoms with Gasteiger partial charge in [-0.25, -0.2) is 0 Å². The highest BCUT2D eigenvalue weighted by Crippen LogP contribution is 2.47. The molecule has 1 amide bonds. The van der Waals surface area contributed by atoms with E-state index in [2.05, 4.69) is 10.2 Å². The van der Waals surface area contributed by atoms with Crippen molar-refractivity contribution in [2.24, 2.45) is 0 Å². The van der Waals surface area contributed by atoms with E-state index in [0.29, 0.717) is 33.2 Å². The summed E-state index contributed by atoms with van der Waals surface area (Å²) in [6.45, 7) is 0. The lowest BCUT2D eigenvalue weighted by Gasteiger charge is -2.26. The van der Waals surface area contributed by atoms with Gasteiger partial charge in [0.2, 0.25) is 0 Å². The Hall–Kier alpha value is -3.97. The summed E-state index contributed by atoms with van der Waals surface area (Å²) in [5.74, 6) is -0.294. The van der Waals surface area contributed by atoms with Crippen molar-refractivity contribution in [2.45, 2.75) is 6.04 Å². The van der Waals surface area contributed by atoms with E-state index in [-0.39, 0.29) is 11.6 Å². The molecule has 0 aliphatic carbocycles. The topological polar surface area (TPSA) is 92.1 Å². The number of para-hydroxylation sites is 2. The number of aromatic nitrogens is 2. The summed E-state index contributed by atoms with van der Waals surface area (Å²) in [4.78, 5) is 26.4. The van der Waals surface area contributed by atoms with Gasteiger partial charge in [0.25, 0.3) is 11.6 Å². The number of fused-ring (bicyclic) bond motifs is 1. The Balaban J connectivity index is 1.77. The molecule has 0 unspecified atom stereocenters. The maximum Gasteiger partial charge on any atom is 0.277 e. The molecule has 1 aromatic heterocycles. The van der Waals surface area contributed by atoms with Crippen molar-refractivity contribution in [3.05, 3.63) is 111 Å². The van der Waals surface area contributed by atoms with Gasteiger partial charge in [0.15, 0.2) is 0 Å². The van der Waals surface area contributed by atoms with Crippen molar-refractivity contribution in [3.63, 3.8) is 0 Å². The summed E-state index contributed by atoms with van der Waals surface area (Å²) >= 11 is 6.03. The van der Waals surface area contributed by atoms with E-state index in [1.807, 2.05) is 30.3 Å². The number of carbonyl (C=O) groups excluding carboxylic acids is 1. The van der Waals surface area contributed by atoms with Crippen LogP contribution in [0.25, 0.3) is 11.3 Å². The van der Waals surface area contributed by atoms with Crippen LogP contribution in [0.15, 0.2) is 78.9 Å². The first kappa shape index (κ1) is 19.0. The molecule has 0 spiro atoms. The van der Waals surface area contributed by atoms with E-state index in [4.69, 9.17) is 11.6 Å². The third-order valence-corrected chi connectivity index (χ3v) is 5.60. The van der Waals surface area contributed by atoms with Crippen molar-refractivity contribution < 1.29 is 9.72 Å². The summed E-state index contributed by atoms with van der Waals surface area (Å²) in [6.07, 6.45) is 0. The number of nitrogens with one attached hydrogen (secondary N) is 1. The predicted molar refractivity (Wildman–Crippen MR) is 117 cm³/mol. The summed E-state index contributed by atoms with van der Waals surface area (Å²) < 4.78 is 0. The van der Waals surface area contributed by atoms with Gasteiger partial charge in [-0.2, -0.15) is 5.10 Å². The van der Waals surface area contributed by atoms with Crippen LogP contribution in [0.3, 0.4) is 0 Å². The SMILES string of the molecule is O=C1c2[nH]nc(-c3ccc(Cl)cc3)c2[C@@H](c2ccccc2[N+](=O)[O-])N1c1ccccc1. The number of H-pyrrole nitrogens is 1. The van der Waals surface area contributed by atoms with Crippen molar-refractivity contribution >= 4 is 28.9 Å². The highest BCUT2D eigenvalue weighted by molar-refractivity contribution is 6.30. The first-order valence-corrected chi connectivity index (χ1v) is 9.90. The number of hydrogen-bond donors (Lipinski definition) is 1. The maximum absolute atomic E-state index is 13.4. The largest absolute Gasteiger partial charge is 0.295 e. The van der Waals surface area contributed by atoms with Gasteiger partial charge in [0.05, 0.1) is 22.2 Å². The molecule has 0 saturated heterocycles. The molecule has 0 fully saturated rings. The molecule has 2 heterocycles. The van der Waals surface area contributed by atoms with Gasteiger partial charge >= 0.3 is 0 Å². The number of nitrogens with zero attached hydrogens (tertiary/aromatic N) is 3. The minimum atomic E-state index is -0.712. The molecular formula is C23H15ClN4O3. The minimum Gasteiger partial charge on any atom is -0.295 e. The van der Waals surface area contributed by atoms with Gasteiger partial charge in [-0.05, 0) is 30.3 Å². The Morgan fingerprint density at radius 1 is 0.968 bits per heavy atom. The van der Waals surface area contributed by atoms with Gasteiger partial charge in [0.1, 0.15) is 5.69 Å². The van der Waals surface area contributed by atoms with Crippen LogP contribution < -0.4 is 4.90 Å². The van der Waals surface area contributed by atoms with E-state index >= 15 is 0 Å². The molecule has 7 nitrogen and oxygen atoms in total. The van der Waals surface area contributed by atoms with E-state index in [1.165, 1.54) is 6.07 Å². The molecule has 4 aromatic rings. The Morgan fingerprint density at radius 2 is 1.65 bits per heavy atom. The first-order valence-electron chi connectivity index (χ1n) is 9.52. The number of nitro benzene ring substituents is 1. The van der Waals surface area contributed by atoms with Crippen molar-refractivity contribution in [3.8, 4) is 11.3 Å². The number of halogens is 1. The van der Waals surface area contributed by atoms with Crippen LogP contribution in [0.4, 0.5) is 11.4 Å². The second-order valence-corrected chi connectivity index (χ2v) is 7.53. The van der Waals surface area contributed by atoms with E-state index < -0.39 is 11.0 Å². The number of amides is 1. The van der Waals surface area contributed by atoms with Crippen molar-refractivity contribution in [1.29, 1.82) is 0 Å². The van der Waals surface area contributed by atoms with E-state index in [1.54, 1.807) is 47.4 Å². The first-order chi connectivity index (χ1) is 15.1. The minimum absolute atomic E-state index is 0.0580. The molecule has 152 valence electrons. The molecule has 5 rings (SSSR count). The molecule has 0 saturated carbocycles. The number of hydrogen-bond acceptors (Lipinski definition) is 4. The Bertz CT molecular complexity index is 1300. The number of rotatable bonds is 4. The van der Waals surface area contributed by atoms with Crippen LogP contribution in [-0.4, -0.2) is 21.0 Å². The third kappa shape index (κ3) is 3.06. The second-order valence-electron chi connectivity index (χ2n) is 7.10. The van der Waals surface area contributed by atoms with Crippen molar-refractivity contribution in [1.82, 2.24) is 10.2 Å². The number of aromatic amines is 1. The summed E-state index contributed by atoms with van der Waals surface area (Å²) in [5.41, 5.74) is 3.23. The quantitative estimate of drug-likeness (QED) is 0.347. The normalized spacial score (nSPS) is 15.2. The summed E-state index contributed by atoms with van der Waals surface area (Å²) in [6, 6.07) is 22.0. The van der Waals surface area contributed by atoms with Gasteiger partial charge in [0, 0.05) is 27.9 Å². The molecule has 1 aliphatic rings. The highest BCUT2D eigenvalue weighted by atomic mass is 35.5. The fraction of sp³-hybridized carbons (Fsp3) is 0.0435. The smallest absolute Gasteiger partial charge is 0.277 e. The number of benzene rings is 3. The average Bonchev–Trinajstić information content (AvgIpc) is 3.34. The molecule has 1 N–H and O–H groups in total. The van der Waals surface area contributed by atoms with E-state index in [0.717, 1.165) is 5.56 Å². The lowest BCUT2D eigenvalue weighted by atomic mass is 9.94. The zero-order valence-electron chi connectivity index (χ0n) is 16.0. The molecule has 31 heavy (non-hydrogen) atoms. The molecule has 3 aromatic carbocycles. The molecule has 1 aliphatic heterocycles. The lowest BCUT2D eigenvalue weighted by molar-refractivity contribution is -0.385. The van der Waals surface area contributed by atoms with Gasteiger partial charge < -0.3 is 0 Å². The second kappa shape index (κ2) is 7.37. The monoisotopic (exact) mass is 430 g/mol. The molecule has 0 radical (unpaired) electrons. The maximum atomic E-state index is 13.4. The standard InChI is InChI=1S/C23H15ClN4O3/c24-15-12-10-14(11-13-15)20-19-21(26-25-20)23(29)27(16-6-2-1-3-7-16)22(19)17-8-4-5-9-18(17)28(30)31/h1-13,22H,(H,25,26)/t22-/m1/s1.